The number of oxime groups is 1. The number of nitrogens with zero attached hydrogens (tertiary/aromatic N) is 1. The van der Waals surface area contributed by atoms with Crippen LogP contribution in [0.1, 0.15) is 12.0 Å². The molecule has 3 N–H and O–H groups in total. The Morgan fingerprint density at radius 2 is 2.06 bits per heavy atom. The normalized spacial score (nSPS) is 11.8. The van der Waals surface area contributed by atoms with Crippen molar-refractivity contribution in [2.24, 2.45) is 10.9 Å². The molecule has 0 saturated heterocycles. The van der Waals surface area contributed by atoms with Gasteiger partial charge >= 0.3 is 0 Å². The second-order valence-electron chi connectivity index (χ2n) is 3.45. The largest absolute Gasteiger partial charge is 0.409 e. The summed E-state index contributed by atoms with van der Waals surface area (Å²) in [5, 5.41) is 11.1. The van der Waals surface area contributed by atoms with Gasteiger partial charge in [-0.2, -0.15) is 0 Å². The van der Waals surface area contributed by atoms with E-state index in [1.54, 1.807) is 7.11 Å². The molecule has 0 spiro atoms. The van der Waals surface area contributed by atoms with Gasteiger partial charge in [0.25, 0.3) is 0 Å². The molecule has 0 heterocycles. The maximum atomic E-state index is 13.6. The van der Waals surface area contributed by atoms with Crippen molar-refractivity contribution in [3.05, 3.63) is 29.3 Å². The molecule has 0 bridgehead atoms. The Kier molecular flexibility index (Phi) is 5.87. The van der Waals surface area contributed by atoms with Crippen molar-refractivity contribution in [2.75, 3.05) is 19.5 Å². The first kappa shape index (κ1) is 14.7. The molecule has 4 nitrogen and oxygen atoms in total. The highest BCUT2D eigenvalue weighted by atomic mass is 32.2. The first-order valence-electron chi connectivity index (χ1n) is 5.18. The van der Waals surface area contributed by atoms with Gasteiger partial charge in [-0.3, -0.25) is 0 Å². The first-order chi connectivity index (χ1) is 8.60. The highest BCUT2D eigenvalue weighted by Gasteiger charge is 2.13. The van der Waals surface area contributed by atoms with Gasteiger partial charge in [-0.1, -0.05) is 5.16 Å². The lowest BCUT2D eigenvalue weighted by molar-refractivity contribution is 0.200. The topological polar surface area (TPSA) is 67.8 Å². The van der Waals surface area contributed by atoms with Crippen LogP contribution in [0.15, 0.2) is 22.2 Å². The van der Waals surface area contributed by atoms with Crippen LogP contribution in [0.25, 0.3) is 0 Å². The monoisotopic (exact) mass is 276 g/mol. The van der Waals surface area contributed by atoms with Crippen LogP contribution in [0.4, 0.5) is 8.78 Å². The molecule has 1 aromatic carbocycles. The Hall–Kier alpha value is -1.34. The highest BCUT2D eigenvalue weighted by Crippen LogP contribution is 2.26. The Bertz CT molecular complexity index is 418. The van der Waals surface area contributed by atoms with E-state index >= 15 is 0 Å². The van der Waals surface area contributed by atoms with E-state index in [0.717, 1.165) is 23.9 Å². The fourth-order valence-corrected chi connectivity index (χ4v) is 2.14. The van der Waals surface area contributed by atoms with Gasteiger partial charge in [0.1, 0.15) is 11.6 Å². The second-order valence-corrected chi connectivity index (χ2v) is 4.55. The fraction of sp³-hybridized carbons (Fsp3) is 0.364. The van der Waals surface area contributed by atoms with E-state index in [0.29, 0.717) is 18.8 Å². The maximum Gasteiger partial charge on any atom is 0.170 e. The zero-order chi connectivity index (χ0) is 13.5. The summed E-state index contributed by atoms with van der Waals surface area (Å²) in [5.74, 6) is -1.23. The van der Waals surface area contributed by atoms with Crippen molar-refractivity contribution in [3.8, 4) is 0 Å². The van der Waals surface area contributed by atoms with E-state index < -0.39 is 11.6 Å². The van der Waals surface area contributed by atoms with Gasteiger partial charge in [-0.15, -0.1) is 11.8 Å². The van der Waals surface area contributed by atoms with Crippen LogP contribution >= 0.6 is 11.8 Å². The zero-order valence-electron chi connectivity index (χ0n) is 9.82. The number of amidine groups is 1. The van der Waals surface area contributed by atoms with Crippen molar-refractivity contribution < 1.29 is 18.7 Å². The number of rotatable bonds is 6. The van der Waals surface area contributed by atoms with E-state index in [-0.39, 0.29) is 16.3 Å². The summed E-state index contributed by atoms with van der Waals surface area (Å²) >= 11 is 1.07. The van der Waals surface area contributed by atoms with Gasteiger partial charge in [0.2, 0.25) is 0 Å². The number of hydrogen-bond acceptors (Lipinski definition) is 4. The summed E-state index contributed by atoms with van der Waals surface area (Å²) in [7, 11) is 1.57. The molecule has 0 unspecified atom stereocenters. The third kappa shape index (κ3) is 3.85. The fourth-order valence-electron chi connectivity index (χ4n) is 1.28. The van der Waals surface area contributed by atoms with Crippen molar-refractivity contribution in [1.29, 1.82) is 0 Å². The lowest BCUT2D eigenvalue weighted by Gasteiger charge is -2.07. The highest BCUT2D eigenvalue weighted by molar-refractivity contribution is 7.99. The quantitative estimate of drug-likeness (QED) is 0.209. The molecule has 0 saturated carbocycles. The number of halogens is 2. The molecule has 0 radical (unpaired) electrons. The number of methoxy groups -OCH3 is 1. The lowest BCUT2D eigenvalue weighted by atomic mass is 10.2. The molecule has 0 atom stereocenters. The third-order valence-corrected chi connectivity index (χ3v) is 3.31. The SMILES string of the molecule is COCCCSc1c(F)cc(C(N)=NO)cc1F. The predicted molar refractivity (Wildman–Crippen MR) is 66.1 cm³/mol. The second kappa shape index (κ2) is 7.17. The summed E-state index contributed by atoms with van der Waals surface area (Å²) in [4.78, 5) is -0.0689. The maximum absolute atomic E-state index is 13.6. The van der Waals surface area contributed by atoms with Crippen LogP contribution in [0.5, 0.6) is 0 Å². The van der Waals surface area contributed by atoms with Crippen LogP contribution in [-0.4, -0.2) is 30.5 Å². The smallest absolute Gasteiger partial charge is 0.170 e. The predicted octanol–water partition coefficient (Wildman–Crippen LogP) is 2.19. The molecule has 0 aliphatic heterocycles. The Morgan fingerprint density at radius 1 is 1.44 bits per heavy atom. The lowest BCUT2D eigenvalue weighted by Crippen LogP contribution is -2.14. The molecule has 0 fully saturated rings. The summed E-state index contributed by atoms with van der Waals surface area (Å²) in [5.41, 5.74) is 5.27. The summed E-state index contributed by atoms with van der Waals surface area (Å²) in [6, 6.07) is 2.08. The van der Waals surface area contributed by atoms with Gasteiger partial charge in [-0.25, -0.2) is 8.78 Å². The molecule has 100 valence electrons. The molecule has 0 aliphatic rings. The molecule has 7 heteroatoms. The van der Waals surface area contributed by atoms with Crippen LogP contribution in [-0.2, 0) is 4.74 Å². The van der Waals surface area contributed by atoms with Crippen molar-refractivity contribution >= 4 is 17.6 Å². The molecular formula is C11H14F2N2O2S. The van der Waals surface area contributed by atoms with Crippen LogP contribution in [0, 0.1) is 11.6 Å². The molecule has 18 heavy (non-hydrogen) atoms. The average Bonchev–Trinajstić information content (AvgIpc) is 2.35. The van der Waals surface area contributed by atoms with Gasteiger partial charge < -0.3 is 15.7 Å². The van der Waals surface area contributed by atoms with Gasteiger partial charge in [-0.05, 0) is 18.6 Å². The number of ether oxygens (including phenoxy) is 1. The summed E-state index contributed by atoms with van der Waals surface area (Å²) in [6.45, 7) is 0.540. The summed E-state index contributed by atoms with van der Waals surface area (Å²) in [6.07, 6.45) is 0.696. The molecule has 0 aliphatic carbocycles. The molecule has 0 amide bonds. The van der Waals surface area contributed by atoms with Crippen molar-refractivity contribution in [2.45, 2.75) is 11.3 Å². The van der Waals surface area contributed by atoms with Crippen LogP contribution in [0.2, 0.25) is 0 Å². The van der Waals surface area contributed by atoms with E-state index in [2.05, 4.69) is 5.16 Å². The summed E-state index contributed by atoms with van der Waals surface area (Å²) < 4.78 is 32.1. The number of nitrogens with two attached hydrogens (primary N) is 1. The van der Waals surface area contributed by atoms with Gasteiger partial charge in [0, 0.05) is 25.0 Å². The Labute approximate surface area is 108 Å². The van der Waals surface area contributed by atoms with Crippen molar-refractivity contribution in [3.63, 3.8) is 0 Å². The minimum atomic E-state index is -0.723. The van der Waals surface area contributed by atoms with Crippen molar-refractivity contribution in [1.82, 2.24) is 0 Å². The van der Waals surface area contributed by atoms with Crippen LogP contribution in [0.3, 0.4) is 0 Å². The third-order valence-electron chi connectivity index (χ3n) is 2.14. The van der Waals surface area contributed by atoms with E-state index in [4.69, 9.17) is 15.7 Å². The number of thioether (sulfide) groups is 1. The minimum Gasteiger partial charge on any atom is -0.409 e. The van der Waals surface area contributed by atoms with Crippen LogP contribution < -0.4 is 5.73 Å². The number of hydrogen-bond donors (Lipinski definition) is 2. The van der Waals surface area contributed by atoms with E-state index in [9.17, 15) is 8.78 Å². The number of benzene rings is 1. The molecule has 0 aromatic heterocycles. The van der Waals surface area contributed by atoms with Gasteiger partial charge in [0.15, 0.2) is 5.84 Å². The van der Waals surface area contributed by atoms with E-state index in [1.165, 1.54) is 0 Å². The average molecular weight is 276 g/mol. The minimum absolute atomic E-state index is 0.00809. The first-order valence-corrected chi connectivity index (χ1v) is 6.17. The molecule has 1 rings (SSSR count). The molecule has 1 aromatic rings. The Morgan fingerprint density at radius 3 is 2.56 bits per heavy atom. The van der Waals surface area contributed by atoms with E-state index in [1.807, 2.05) is 0 Å². The van der Waals surface area contributed by atoms with Gasteiger partial charge in [0.05, 0.1) is 4.90 Å². The standard InChI is InChI=1S/C11H14F2N2O2S/c1-17-3-2-4-18-10-8(12)5-7(6-9(10)13)11(14)15-16/h5-6,16H,2-4H2,1H3,(H2,14,15). The zero-order valence-corrected chi connectivity index (χ0v) is 10.6. The Balaban J connectivity index is 2.81. The molecular weight excluding hydrogens is 262 g/mol.